The zero-order valence-corrected chi connectivity index (χ0v) is 18.8. The number of rotatable bonds is 5. The Labute approximate surface area is 182 Å². The highest BCUT2D eigenvalue weighted by atomic mass is 16.3. The van der Waals surface area contributed by atoms with Gasteiger partial charge in [0.25, 0.3) is 0 Å². The Balaban J connectivity index is 1.48. The van der Waals surface area contributed by atoms with Crippen LogP contribution < -0.4 is 0 Å². The largest absolute Gasteiger partial charge is 0.393 e. The molecule has 3 N–H and O–H groups in total. The summed E-state index contributed by atoms with van der Waals surface area (Å²) in [5, 5.41) is 30.4. The van der Waals surface area contributed by atoms with E-state index in [1.807, 2.05) is 0 Å². The van der Waals surface area contributed by atoms with Crippen LogP contribution in [-0.4, -0.2) is 33.6 Å². The van der Waals surface area contributed by atoms with E-state index in [0.717, 1.165) is 17.6 Å². The SMILES string of the molecule is C=C1/C(=C/C=C2\CCC[C@]3(C)[C@@H]([C@H](C)/C=C/[C@@H](O)C4CC4)CC[C@@H]23)C[C@H](O)C[C@@H]1O. The van der Waals surface area contributed by atoms with Crippen molar-refractivity contribution < 1.29 is 15.3 Å². The Morgan fingerprint density at radius 3 is 2.60 bits per heavy atom. The molecule has 4 aliphatic rings. The second-order valence-corrected chi connectivity index (χ2v) is 10.7. The Morgan fingerprint density at radius 2 is 1.87 bits per heavy atom. The Hall–Kier alpha value is -1.16. The molecule has 0 heterocycles. The number of hydrogen-bond acceptors (Lipinski definition) is 3. The van der Waals surface area contributed by atoms with Crippen molar-refractivity contribution in [2.75, 3.05) is 0 Å². The summed E-state index contributed by atoms with van der Waals surface area (Å²) in [7, 11) is 0. The first-order valence-corrected chi connectivity index (χ1v) is 12.1. The van der Waals surface area contributed by atoms with Crippen LogP contribution in [0.2, 0.25) is 0 Å². The molecule has 0 saturated heterocycles. The van der Waals surface area contributed by atoms with Crippen molar-refractivity contribution in [3.05, 3.63) is 47.6 Å². The van der Waals surface area contributed by atoms with Crippen molar-refractivity contribution in [1.82, 2.24) is 0 Å². The fraction of sp³-hybridized carbons (Fsp3) is 0.704. The lowest BCUT2D eigenvalue weighted by Gasteiger charge is -2.44. The van der Waals surface area contributed by atoms with Crippen molar-refractivity contribution in [3.63, 3.8) is 0 Å². The topological polar surface area (TPSA) is 60.7 Å². The molecule has 3 nitrogen and oxygen atoms in total. The molecule has 3 heteroatoms. The van der Waals surface area contributed by atoms with Gasteiger partial charge in [-0.2, -0.15) is 0 Å². The summed E-state index contributed by atoms with van der Waals surface area (Å²) in [6, 6.07) is 0. The third kappa shape index (κ3) is 4.40. The molecule has 0 aromatic heterocycles. The molecule has 4 fully saturated rings. The average Bonchev–Trinajstić information content (AvgIpc) is 3.49. The third-order valence-corrected chi connectivity index (χ3v) is 8.65. The summed E-state index contributed by atoms with van der Waals surface area (Å²) in [6.07, 6.45) is 16.9. The van der Waals surface area contributed by atoms with Gasteiger partial charge in [-0.1, -0.05) is 50.3 Å². The summed E-state index contributed by atoms with van der Waals surface area (Å²) in [5.41, 5.74) is 3.63. The number of hydrogen-bond donors (Lipinski definition) is 3. The third-order valence-electron chi connectivity index (χ3n) is 8.65. The molecule has 7 atom stereocenters. The minimum absolute atomic E-state index is 0.250. The summed E-state index contributed by atoms with van der Waals surface area (Å²) in [6.45, 7) is 8.88. The zero-order valence-electron chi connectivity index (χ0n) is 18.8. The van der Waals surface area contributed by atoms with E-state index in [2.05, 4.69) is 44.7 Å². The molecule has 166 valence electrons. The van der Waals surface area contributed by atoms with Crippen molar-refractivity contribution in [3.8, 4) is 0 Å². The van der Waals surface area contributed by atoms with Crippen molar-refractivity contribution in [2.45, 2.75) is 89.9 Å². The first-order valence-electron chi connectivity index (χ1n) is 12.1. The maximum atomic E-state index is 10.2. The van der Waals surface area contributed by atoms with Gasteiger partial charge in [-0.05, 0) is 91.6 Å². The molecule has 0 bridgehead atoms. The molecular formula is C27H40O3. The molecule has 4 aliphatic carbocycles. The molecule has 0 aromatic carbocycles. The summed E-state index contributed by atoms with van der Waals surface area (Å²) < 4.78 is 0. The van der Waals surface area contributed by atoms with Crippen LogP contribution in [-0.2, 0) is 0 Å². The van der Waals surface area contributed by atoms with Gasteiger partial charge in [-0.25, -0.2) is 0 Å². The first kappa shape index (κ1) is 22.0. The van der Waals surface area contributed by atoms with E-state index in [1.54, 1.807) is 0 Å². The maximum absolute atomic E-state index is 10.2. The molecule has 0 amide bonds. The quantitative estimate of drug-likeness (QED) is 0.551. The smallest absolute Gasteiger partial charge is 0.0811 e. The fourth-order valence-corrected chi connectivity index (χ4v) is 6.63. The van der Waals surface area contributed by atoms with Gasteiger partial charge in [-0.15, -0.1) is 0 Å². The lowest BCUT2D eigenvalue weighted by atomic mass is 9.61. The van der Waals surface area contributed by atoms with Crippen LogP contribution in [0, 0.1) is 29.1 Å². The van der Waals surface area contributed by atoms with E-state index < -0.39 is 12.2 Å². The van der Waals surface area contributed by atoms with Crippen LogP contribution in [0.5, 0.6) is 0 Å². The van der Waals surface area contributed by atoms with E-state index in [0.29, 0.717) is 41.9 Å². The van der Waals surface area contributed by atoms with E-state index in [4.69, 9.17) is 0 Å². The van der Waals surface area contributed by atoms with Gasteiger partial charge in [-0.3, -0.25) is 0 Å². The number of fused-ring (bicyclic) bond motifs is 1. The first-order chi connectivity index (χ1) is 14.3. The molecule has 0 aromatic rings. The van der Waals surface area contributed by atoms with Crippen LogP contribution in [0.4, 0.5) is 0 Å². The van der Waals surface area contributed by atoms with E-state index in [1.165, 1.54) is 44.1 Å². The van der Waals surface area contributed by atoms with Gasteiger partial charge < -0.3 is 15.3 Å². The maximum Gasteiger partial charge on any atom is 0.0811 e. The van der Waals surface area contributed by atoms with E-state index in [-0.39, 0.29) is 6.10 Å². The molecule has 0 aliphatic heterocycles. The summed E-state index contributed by atoms with van der Waals surface area (Å²) >= 11 is 0. The van der Waals surface area contributed by atoms with Crippen LogP contribution in [0.1, 0.15) is 71.6 Å². The lowest BCUT2D eigenvalue weighted by Crippen LogP contribution is -2.35. The number of aliphatic hydroxyl groups is 3. The Kier molecular flexibility index (Phi) is 6.44. The summed E-state index contributed by atoms with van der Waals surface area (Å²) in [5.74, 6) is 2.28. The summed E-state index contributed by atoms with van der Waals surface area (Å²) in [4.78, 5) is 0. The average molecular weight is 413 g/mol. The highest BCUT2D eigenvalue weighted by Crippen LogP contribution is 2.59. The Morgan fingerprint density at radius 1 is 1.10 bits per heavy atom. The van der Waals surface area contributed by atoms with E-state index >= 15 is 0 Å². The van der Waals surface area contributed by atoms with Gasteiger partial charge in [0.05, 0.1) is 18.3 Å². The van der Waals surface area contributed by atoms with Crippen molar-refractivity contribution >= 4 is 0 Å². The normalized spacial score (nSPS) is 42.1. The van der Waals surface area contributed by atoms with Gasteiger partial charge in [0.1, 0.15) is 0 Å². The Bertz CT molecular complexity index is 743. The van der Waals surface area contributed by atoms with Gasteiger partial charge in [0, 0.05) is 6.42 Å². The number of aliphatic hydroxyl groups excluding tert-OH is 3. The zero-order chi connectivity index (χ0) is 21.5. The van der Waals surface area contributed by atoms with Crippen LogP contribution in [0.3, 0.4) is 0 Å². The van der Waals surface area contributed by atoms with Crippen LogP contribution >= 0.6 is 0 Å². The minimum atomic E-state index is -0.621. The second kappa shape index (κ2) is 8.76. The van der Waals surface area contributed by atoms with Crippen LogP contribution in [0.15, 0.2) is 47.6 Å². The monoisotopic (exact) mass is 412 g/mol. The van der Waals surface area contributed by atoms with Gasteiger partial charge in [0.15, 0.2) is 0 Å². The van der Waals surface area contributed by atoms with E-state index in [9.17, 15) is 15.3 Å². The van der Waals surface area contributed by atoms with Gasteiger partial charge in [0.2, 0.25) is 0 Å². The molecule has 30 heavy (non-hydrogen) atoms. The predicted octanol–water partition coefficient (Wildman–Crippen LogP) is 5.09. The predicted molar refractivity (Wildman–Crippen MR) is 122 cm³/mol. The molecule has 0 spiro atoms. The second-order valence-electron chi connectivity index (χ2n) is 10.7. The lowest BCUT2D eigenvalue weighted by molar-refractivity contribution is 0.0862. The minimum Gasteiger partial charge on any atom is -0.393 e. The van der Waals surface area contributed by atoms with Crippen molar-refractivity contribution in [2.24, 2.45) is 29.1 Å². The van der Waals surface area contributed by atoms with Crippen LogP contribution in [0.25, 0.3) is 0 Å². The van der Waals surface area contributed by atoms with Gasteiger partial charge >= 0.3 is 0 Å². The molecule has 0 unspecified atom stereocenters. The number of allylic oxidation sites excluding steroid dienone is 4. The molecule has 4 rings (SSSR count). The molecule has 0 radical (unpaired) electrons. The molecular weight excluding hydrogens is 372 g/mol. The van der Waals surface area contributed by atoms with Crippen molar-refractivity contribution in [1.29, 1.82) is 0 Å². The molecule has 4 saturated carbocycles. The highest BCUT2D eigenvalue weighted by molar-refractivity contribution is 5.38. The standard InChI is InChI=1S/C27H40O3/c1-17(6-13-25(29)20-8-9-20)23-11-12-24-19(5-4-14-27(23,24)3)7-10-21-15-22(28)16-26(30)18(21)2/h6-7,10,13,17,20,22-26,28-30H,2,4-5,8-9,11-12,14-16H2,1,3H3/b13-6+,19-7+,21-10+/t17-,22+,23-,24+,25-,26+,27-/m1/s1. The highest BCUT2D eigenvalue weighted by Gasteiger charge is 2.50. The fourth-order valence-electron chi connectivity index (χ4n) is 6.63.